The van der Waals surface area contributed by atoms with Crippen LogP contribution in [-0.4, -0.2) is 39.4 Å². The van der Waals surface area contributed by atoms with E-state index in [-0.39, 0.29) is 5.67 Å². The molecule has 21 heavy (non-hydrogen) atoms. The van der Waals surface area contributed by atoms with Gasteiger partial charge in [-0.15, -0.1) is 0 Å². The van der Waals surface area contributed by atoms with Crippen molar-refractivity contribution in [3.8, 4) is 0 Å². The number of hydrogen-bond acceptors (Lipinski definition) is 4. The molecule has 0 aromatic carbocycles. The zero-order valence-corrected chi connectivity index (χ0v) is 19.8. The molecule has 0 aliphatic heterocycles. The molecule has 0 fully saturated rings. The van der Waals surface area contributed by atoms with E-state index in [1.807, 2.05) is 0 Å². The molecule has 0 bridgehead atoms. The molecule has 0 aliphatic rings. The zero-order chi connectivity index (χ0) is 17.1. The van der Waals surface area contributed by atoms with E-state index in [1.54, 1.807) is 0 Å². The van der Waals surface area contributed by atoms with Crippen molar-refractivity contribution in [3.63, 3.8) is 0 Å². The monoisotopic (exact) mass is 367 g/mol. The molecule has 8 heteroatoms. The van der Waals surface area contributed by atoms with Crippen molar-refractivity contribution in [3.05, 3.63) is 0 Å². The fourth-order valence-electron chi connectivity index (χ4n) is 2.06. The first kappa shape index (κ1) is 21.7. The zero-order valence-electron chi connectivity index (χ0n) is 15.8. The van der Waals surface area contributed by atoms with E-state index in [4.69, 9.17) is 18.1 Å². The van der Waals surface area contributed by atoms with Gasteiger partial charge in [-0.2, -0.15) is 0 Å². The van der Waals surface area contributed by atoms with E-state index in [1.165, 1.54) is 0 Å². The Bertz CT molecular complexity index is 280. The van der Waals surface area contributed by atoms with E-state index < -0.39 is 33.8 Å². The molecule has 0 spiro atoms. The van der Waals surface area contributed by atoms with Gasteiger partial charge in [0.1, 0.15) is 0 Å². The number of nitrogens with two attached hydrogens (primary N) is 1. The van der Waals surface area contributed by atoms with Crippen LogP contribution in [-0.2, 0) is 12.3 Å². The van der Waals surface area contributed by atoms with Gasteiger partial charge in [-0.3, -0.25) is 0 Å². The highest BCUT2D eigenvalue weighted by molar-refractivity contribution is 6.90. The van der Waals surface area contributed by atoms with E-state index in [9.17, 15) is 0 Å². The van der Waals surface area contributed by atoms with Crippen molar-refractivity contribution in [2.24, 2.45) is 5.73 Å². The SMILES string of the molecule is CCCC(N)[Si](O[Si](C)(C)C)(O[Si](C)(C)C)O[Si](C)(C)C. The fraction of sp³-hybridized carbons (Fsp3) is 1.00. The summed E-state index contributed by atoms with van der Waals surface area (Å²) in [5.41, 5.74) is 6.42. The number of hydrogen-bond donors (Lipinski definition) is 1. The van der Waals surface area contributed by atoms with Crippen molar-refractivity contribution in [2.45, 2.75) is 84.4 Å². The molecule has 1 unspecified atom stereocenters. The lowest BCUT2D eigenvalue weighted by molar-refractivity contribution is 0.233. The van der Waals surface area contributed by atoms with Gasteiger partial charge < -0.3 is 18.1 Å². The highest BCUT2D eigenvalue weighted by Gasteiger charge is 2.54. The second-order valence-electron chi connectivity index (χ2n) is 8.64. The lowest BCUT2D eigenvalue weighted by atomic mass is 10.3. The van der Waals surface area contributed by atoms with E-state index in [0.717, 1.165) is 12.8 Å². The lowest BCUT2D eigenvalue weighted by Crippen LogP contribution is -2.69. The van der Waals surface area contributed by atoms with Crippen LogP contribution in [0.25, 0.3) is 0 Å². The Morgan fingerprint density at radius 3 is 1.19 bits per heavy atom. The summed E-state index contributed by atoms with van der Waals surface area (Å²) in [6, 6.07) is 0. The van der Waals surface area contributed by atoms with Crippen LogP contribution in [0.15, 0.2) is 0 Å². The molecule has 0 rings (SSSR count). The van der Waals surface area contributed by atoms with Crippen LogP contribution < -0.4 is 5.73 Å². The first-order valence-corrected chi connectivity index (χ1v) is 20.0. The molecule has 128 valence electrons. The average molecular weight is 368 g/mol. The van der Waals surface area contributed by atoms with E-state index in [2.05, 4.69) is 65.8 Å². The van der Waals surface area contributed by atoms with Crippen LogP contribution in [0.2, 0.25) is 58.9 Å². The minimum atomic E-state index is -2.86. The molecule has 2 N–H and O–H groups in total. The molecule has 0 radical (unpaired) electrons. The Labute approximate surface area is 136 Å². The van der Waals surface area contributed by atoms with Gasteiger partial charge >= 0.3 is 8.80 Å². The van der Waals surface area contributed by atoms with Crippen LogP contribution in [0, 0.1) is 0 Å². The highest BCUT2D eigenvalue weighted by Crippen LogP contribution is 2.29. The summed E-state index contributed by atoms with van der Waals surface area (Å²) in [5.74, 6) is 0. The van der Waals surface area contributed by atoms with Gasteiger partial charge in [0.05, 0.1) is 5.67 Å². The third-order valence-electron chi connectivity index (χ3n) is 2.40. The van der Waals surface area contributed by atoms with Crippen LogP contribution >= 0.6 is 0 Å². The van der Waals surface area contributed by atoms with Gasteiger partial charge in [0.15, 0.2) is 25.0 Å². The maximum Gasteiger partial charge on any atom is 0.487 e. The molecule has 0 aromatic rings. The summed E-state index contributed by atoms with van der Waals surface area (Å²) >= 11 is 0. The van der Waals surface area contributed by atoms with Crippen molar-refractivity contribution >= 4 is 33.8 Å². The predicted molar refractivity (Wildman–Crippen MR) is 102 cm³/mol. The normalized spacial score (nSPS) is 16.1. The van der Waals surface area contributed by atoms with Crippen molar-refractivity contribution in [1.29, 1.82) is 0 Å². The van der Waals surface area contributed by atoms with Gasteiger partial charge in [-0.25, -0.2) is 0 Å². The van der Waals surface area contributed by atoms with Crippen molar-refractivity contribution in [2.75, 3.05) is 0 Å². The second kappa shape index (κ2) is 7.52. The minimum Gasteiger partial charge on any atom is -0.416 e. The third-order valence-corrected chi connectivity index (χ3v) is 14.4. The Hall–Kier alpha value is 0.708. The van der Waals surface area contributed by atoms with E-state index in [0.29, 0.717) is 0 Å². The van der Waals surface area contributed by atoms with Crippen molar-refractivity contribution in [1.82, 2.24) is 0 Å². The first-order valence-electron chi connectivity index (χ1n) is 7.96. The first-order chi connectivity index (χ1) is 9.10. The lowest BCUT2D eigenvalue weighted by Gasteiger charge is -2.45. The molecular weight excluding hydrogens is 330 g/mol. The molecule has 1 atom stereocenters. The molecule has 0 aromatic heterocycles. The highest BCUT2D eigenvalue weighted by atomic mass is 28.5. The van der Waals surface area contributed by atoms with Crippen molar-refractivity contribution < 1.29 is 12.3 Å². The molecule has 0 amide bonds. The van der Waals surface area contributed by atoms with Gasteiger partial charge in [0, 0.05) is 0 Å². The number of rotatable bonds is 9. The standard InChI is InChI=1S/C13H37NO3Si4/c1-11-12-13(14)21(15-18(2,3)4,16-19(5,6)7)17-20(8,9)10/h13H,11-12,14H2,1-10H3. The summed E-state index contributed by atoms with van der Waals surface area (Å²) < 4.78 is 19.7. The summed E-state index contributed by atoms with van der Waals surface area (Å²) in [6.07, 6.45) is 1.92. The summed E-state index contributed by atoms with van der Waals surface area (Å²) in [6.45, 7) is 21.9. The van der Waals surface area contributed by atoms with E-state index >= 15 is 0 Å². The molecule has 0 aliphatic carbocycles. The topological polar surface area (TPSA) is 53.7 Å². The quantitative estimate of drug-likeness (QED) is 0.622. The summed E-state index contributed by atoms with van der Waals surface area (Å²) in [5, 5.41) is 0. The van der Waals surface area contributed by atoms with Crippen LogP contribution in [0.3, 0.4) is 0 Å². The van der Waals surface area contributed by atoms with Crippen LogP contribution in [0.1, 0.15) is 19.8 Å². The maximum absolute atomic E-state index is 6.57. The van der Waals surface area contributed by atoms with Gasteiger partial charge in [0.25, 0.3) is 0 Å². The second-order valence-corrected chi connectivity index (χ2v) is 25.7. The Morgan fingerprint density at radius 1 is 0.714 bits per heavy atom. The maximum atomic E-state index is 6.57. The molecule has 0 saturated heterocycles. The average Bonchev–Trinajstić information content (AvgIpc) is 2.08. The van der Waals surface area contributed by atoms with Gasteiger partial charge in [0.2, 0.25) is 0 Å². The van der Waals surface area contributed by atoms with Gasteiger partial charge in [-0.05, 0) is 65.3 Å². The molecule has 0 saturated carbocycles. The predicted octanol–water partition coefficient (Wildman–Crippen LogP) is 4.15. The summed E-state index contributed by atoms with van der Waals surface area (Å²) in [7, 11) is -8.29. The van der Waals surface area contributed by atoms with Crippen LogP contribution in [0.4, 0.5) is 0 Å². The summed E-state index contributed by atoms with van der Waals surface area (Å²) in [4.78, 5) is 0. The molecule has 4 nitrogen and oxygen atoms in total. The molecular formula is C13H37NO3Si4. The van der Waals surface area contributed by atoms with Crippen LogP contribution in [0.5, 0.6) is 0 Å². The Balaban J connectivity index is 5.69. The fourth-order valence-corrected chi connectivity index (χ4v) is 16.4. The minimum absolute atomic E-state index is 0.118. The smallest absolute Gasteiger partial charge is 0.416 e. The van der Waals surface area contributed by atoms with Gasteiger partial charge in [-0.1, -0.05) is 13.3 Å². The Kier molecular flexibility index (Phi) is 7.77. The third kappa shape index (κ3) is 9.44. The largest absolute Gasteiger partial charge is 0.487 e. The Morgan fingerprint density at radius 2 is 1.00 bits per heavy atom. The molecule has 0 heterocycles.